The summed E-state index contributed by atoms with van der Waals surface area (Å²) in [6, 6.07) is 0.233. The van der Waals surface area contributed by atoms with Gasteiger partial charge in [0.15, 0.2) is 4.83 Å². The zero-order chi connectivity index (χ0) is 19.9. The van der Waals surface area contributed by atoms with Crippen molar-refractivity contribution in [1.29, 1.82) is 0 Å². The molecule has 0 spiro atoms. The normalized spacial score (nSPS) is 20.9. The lowest BCUT2D eigenvalue weighted by atomic mass is 9.72. The lowest BCUT2D eigenvalue weighted by molar-refractivity contribution is -0.122. The van der Waals surface area contributed by atoms with Crippen molar-refractivity contribution < 1.29 is 4.79 Å². The molecule has 6 nitrogen and oxygen atoms in total. The molecule has 2 heterocycles. The number of thiophene rings is 1. The quantitative estimate of drug-likeness (QED) is 0.853. The summed E-state index contributed by atoms with van der Waals surface area (Å²) in [5.74, 6) is 0.476. The number of rotatable bonds is 3. The Morgan fingerprint density at radius 2 is 1.96 bits per heavy atom. The van der Waals surface area contributed by atoms with Crippen LogP contribution in [0.2, 0.25) is 0 Å². The van der Waals surface area contributed by atoms with E-state index in [4.69, 9.17) is 0 Å². The van der Waals surface area contributed by atoms with Crippen LogP contribution in [0, 0.1) is 11.3 Å². The summed E-state index contributed by atoms with van der Waals surface area (Å²) in [7, 11) is 0. The molecule has 0 bridgehead atoms. The van der Waals surface area contributed by atoms with E-state index < -0.39 is 0 Å². The number of amides is 1. The Hall–Kier alpha value is -1.76. The number of hydrogen-bond donors (Lipinski definition) is 1. The van der Waals surface area contributed by atoms with Crippen molar-refractivity contribution in [2.45, 2.75) is 84.7 Å². The molecule has 2 aliphatic rings. The van der Waals surface area contributed by atoms with Crippen LogP contribution < -0.4 is 10.9 Å². The third-order valence-corrected chi connectivity index (χ3v) is 7.57. The molecule has 2 aromatic heterocycles. The summed E-state index contributed by atoms with van der Waals surface area (Å²) >= 11 is 1.60. The number of nitrogens with zero attached hydrogens (tertiary/aromatic N) is 3. The second-order valence-electron chi connectivity index (χ2n) is 9.44. The van der Waals surface area contributed by atoms with Crippen LogP contribution in [0.15, 0.2) is 4.79 Å². The first-order chi connectivity index (χ1) is 13.3. The van der Waals surface area contributed by atoms with Crippen molar-refractivity contribution in [3.8, 4) is 0 Å². The van der Waals surface area contributed by atoms with E-state index in [0.29, 0.717) is 16.1 Å². The summed E-state index contributed by atoms with van der Waals surface area (Å²) in [5, 5.41) is 12.1. The topological polar surface area (TPSA) is 76.9 Å². The summed E-state index contributed by atoms with van der Waals surface area (Å²) in [6.45, 7) is 6.81. The number of carbonyl (C=O) groups is 1. The van der Waals surface area contributed by atoms with Gasteiger partial charge in [0.25, 0.3) is 5.56 Å². The van der Waals surface area contributed by atoms with E-state index in [-0.39, 0.29) is 29.5 Å². The van der Waals surface area contributed by atoms with Gasteiger partial charge in [-0.25, -0.2) is 4.68 Å². The zero-order valence-electron chi connectivity index (χ0n) is 17.1. The van der Waals surface area contributed by atoms with Gasteiger partial charge in [-0.2, -0.15) is 0 Å². The molecule has 0 aliphatic heterocycles. The van der Waals surface area contributed by atoms with E-state index in [2.05, 4.69) is 36.4 Å². The first-order valence-electron chi connectivity index (χ1n) is 10.5. The smallest absolute Gasteiger partial charge is 0.279 e. The van der Waals surface area contributed by atoms with Gasteiger partial charge in [0.2, 0.25) is 5.91 Å². The molecule has 28 heavy (non-hydrogen) atoms. The maximum absolute atomic E-state index is 13.1. The van der Waals surface area contributed by atoms with Gasteiger partial charge in [-0.3, -0.25) is 9.59 Å². The number of carbonyl (C=O) groups excluding carboxylic acids is 1. The Labute approximate surface area is 169 Å². The summed E-state index contributed by atoms with van der Waals surface area (Å²) in [5.41, 5.74) is 1.23. The van der Waals surface area contributed by atoms with Crippen molar-refractivity contribution in [2.24, 2.45) is 11.3 Å². The van der Waals surface area contributed by atoms with E-state index in [1.165, 1.54) is 16.0 Å². The maximum atomic E-state index is 13.1. The highest BCUT2D eigenvalue weighted by molar-refractivity contribution is 7.18. The molecule has 1 fully saturated rings. The number of fused-ring (bicyclic) bond motifs is 3. The molecule has 1 atom stereocenters. The number of nitrogens with one attached hydrogen (secondary N) is 1. The first-order valence-corrected chi connectivity index (χ1v) is 11.3. The van der Waals surface area contributed by atoms with E-state index in [1.807, 2.05) is 0 Å². The summed E-state index contributed by atoms with van der Waals surface area (Å²) < 4.78 is 1.24. The second-order valence-corrected chi connectivity index (χ2v) is 10.5. The molecular formula is C21H30N4O2S. The molecule has 0 unspecified atom stereocenters. The van der Waals surface area contributed by atoms with Gasteiger partial charge >= 0.3 is 0 Å². The lowest BCUT2D eigenvalue weighted by Gasteiger charge is -2.33. The lowest BCUT2D eigenvalue weighted by Crippen LogP contribution is -2.40. The Kier molecular flexibility index (Phi) is 5.29. The highest BCUT2D eigenvalue weighted by atomic mass is 32.1. The molecule has 7 heteroatoms. The minimum absolute atomic E-state index is 0.0481. The zero-order valence-corrected chi connectivity index (χ0v) is 17.9. The predicted molar refractivity (Wildman–Crippen MR) is 112 cm³/mol. The van der Waals surface area contributed by atoms with Crippen LogP contribution in [0.4, 0.5) is 0 Å². The molecular weight excluding hydrogens is 372 g/mol. The van der Waals surface area contributed by atoms with Gasteiger partial charge in [0.1, 0.15) is 6.54 Å². The van der Waals surface area contributed by atoms with Crippen molar-refractivity contribution in [2.75, 3.05) is 0 Å². The van der Waals surface area contributed by atoms with Gasteiger partial charge in [0, 0.05) is 10.9 Å². The molecule has 0 aromatic carbocycles. The largest absolute Gasteiger partial charge is 0.352 e. The van der Waals surface area contributed by atoms with E-state index in [9.17, 15) is 9.59 Å². The van der Waals surface area contributed by atoms with Gasteiger partial charge < -0.3 is 5.32 Å². The first kappa shape index (κ1) is 19.6. The van der Waals surface area contributed by atoms with E-state index in [1.54, 1.807) is 11.3 Å². The highest BCUT2D eigenvalue weighted by Gasteiger charge is 2.32. The Morgan fingerprint density at radius 3 is 2.68 bits per heavy atom. The van der Waals surface area contributed by atoms with Gasteiger partial charge in [-0.05, 0) is 49.0 Å². The number of aryl methyl sites for hydroxylation is 1. The highest BCUT2D eigenvalue weighted by Crippen LogP contribution is 2.41. The third kappa shape index (κ3) is 3.86. The SMILES string of the molecule is CC(C)(C)[C@@H]1CCc2c(sc3nnn(CC(=O)NC4CCCCC4)c(=O)c23)C1. The van der Waals surface area contributed by atoms with Crippen LogP contribution in [-0.4, -0.2) is 26.9 Å². The van der Waals surface area contributed by atoms with Gasteiger partial charge in [0.05, 0.1) is 5.39 Å². The van der Waals surface area contributed by atoms with Gasteiger partial charge in [-0.15, -0.1) is 16.4 Å². The van der Waals surface area contributed by atoms with Crippen molar-refractivity contribution >= 4 is 27.5 Å². The molecule has 152 valence electrons. The minimum Gasteiger partial charge on any atom is -0.352 e. The predicted octanol–water partition coefficient (Wildman–Crippen LogP) is 3.45. The van der Waals surface area contributed by atoms with Crippen LogP contribution in [0.1, 0.15) is 69.7 Å². The Morgan fingerprint density at radius 1 is 1.21 bits per heavy atom. The van der Waals surface area contributed by atoms with E-state index in [0.717, 1.165) is 50.5 Å². The summed E-state index contributed by atoms with van der Waals surface area (Å²) in [4.78, 5) is 27.5. The number of hydrogen-bond acceptors (Lipinski definition) is 5. The average molecular weight is 403 g/mol. The monoisotopic (exact) mass is 402 g/mol. The van der Waals surface area contributed by atoms with Gasteiger partial charge in [-0.1, -0.05) is 45.2 Å². The fourth-order valence-electron chi connectivity index (χ4n) is 4.63. The van der Waals surface area contributed by atoms with Crippen molar-refractivity contribution in [1.82, 2.24) is 20.3 Å². The van der Waals surface area contributed by atoms with Crippen LogP contribution in [0.5, 0.6) is 0 Å². The molecule has 4 rings (SSSR count). The molecule has 1 saturated carbocycles. The van der Waals surface area contributed by atoms with Crippen LogP contribution >= 0.6 is 11.3 Å². The molecule has 0 radical (unpaired) electrons. The molecule has 2 aromatic rings. The fourth-order valence-corrected chi connectivity index (χ4v) is 5.86. The molecule has 0 saturated heterocycles. The summed E-state index contributed by atoms with van der Waals surface area (Å²) in [6.07, 6.45) is 8.62. The van der Waals surface area contributed by atoms with Crippen molar-refractivity contribution in [3.63, 3.8) is 0 Å². The van der Waals surface area contributed by atoms with Crippen molar-refractivity contribution in [3.05, 3.63) is 20.8 Å². The van der Waals surface area contributed by atoms with E-state index >= 15 is 0 Å². The fraction of sp³-hybridized carbons (Fsp3) is 0.714. The average Bonchev–Trinajstić information content (AvgIpc) is 3.02. The van der Waals surface area contributed by atoms with Crippen LogP contribution in [0.25, 0.3) is 10.2 Å². The number of aromatic nitrogens is 3. The third-order valence-electron chi connectivity index (χ3n) is 6.43. The standard InChI is InChI=1S/C21H30N4O2S/c1-21(2,3)13-9-10-15-16(11-13)28-19-18(15)20(27)25(24-23-19)12-17(26)22-14-7-5-4-6-8-14/h13-14H,4-12H2,1-3H3,(H,22,26)/t13-/m1/s1. The van der Waals surface area contributed by atoms with Crippen LogP contribution in [-0.2, 0) is 24.2 Å². The Bertz CT molecular complexity index is 934. The minimum atomic E-state index is -0.171. The molecule has 2 aliphatic carbocycles. The van der Waals surface area contributed by atoms with Crippen LogP contribution in [0.3, 0.4) is 0 Å². The second kappa shape index (κ2) is 7.58. The molecule has 1 N–H and O–H groups in total. The maximum Gasteiger partial charge on any atom is 0.279 e. The molecule has 1 amide bonds. The Balaban J connectivity index is 1.56.